The number of hydrogen-bond donors (Lipinski definition) is 2. The molecule has 0 spiro atoms. The molecule has 1 aromatic carbocycles. The molecule has 1 aromatic heterocycles. The highest BCUT2D eigenvalue weighted by molar-refractivity contribution is 9.10. The molecule has 0 unspecified atom stereocenters. The minimum Gasteiger partial charge on any atom is -0.383 e. The second-order valence-corrected chi connectivity index (χ2v) is 8.09. The molecule has 1 amide bonds. The van der Waals surface area contributed by atoms with Crippen molar-refractivity contribution in [2.24, 2.45) is 5.92 Å². The van der Waals surface area contributed by atoms with Gasteiger partial charge in [-0.25, -0.2) is 4.79 Å². The van der Waals surface area contributed by atoms with Gasteiger partial charge in [0.25, 0.3) is 17.2 Å². The zero-order valence-electron chi connectivity index (χ0n) is 17.0. The predicted octanol–water partition coefficient (Wildman–Crippen LogP) is 2.89. The van der Waals surface area contributed by atoms with E-state index in [1.807, 2.05) is 20.8 Å². The summed E-state index contributed by atoms with van der Waals surface area (Å²) < 4.78 is 1.45. The highest BCUT2D eigenvalue weighted by Gasteiger charge is 2.26. The van der Waals surface area contributed by atoms with Crippen LogP contribution in [0.1, 0.15) is 44.0 Å². The number of nitro benzene ring substituents is 1. The van der Waals surface area contributed by atoms with E-state index in [1.165, 1.54) is 21.6 Å². The van der Waals surface area contributed by atoms with E-state index in [0.717, 1.165) is 12.5 Å². The molecule has 10 nitrogen and oxygen atoms in total. The van der Waals surface area contributed by atoms with Crippen molar-refractivity contribution in [1.29, 1.82) is 0 Å². The molecule has 2 aromatic rings. The summed E-state index contributed by atoms with van der Waals surface area (Å²) in [5, 5.41) is 11.2. The van der Waals surface area contributed by atoms with Crippen molar-refractivity contribution in [3.8, 4) is 0 Å². The average Bonchev–Trinajstić information content (AvgIpc) is 2.67. The third-order valence-corrected chi connectivity index (χ3v) is 5.07. The van der Waals surface area contributed by atoms with E-state index in [0.29, 0.717) is 6.42 Å². The van der Waals surface area contributed by atoms with Gasteiger partial charge in [-0.15, -0.1) is 0 Å². The molecule has 0 saturated carbocycles. The summed E-state index contributed by atoms with van der Waals surface area (Å²) in [7, 11) is 0. The van der Waals surface area contributed by atoms with Crippen molar-refractivity contribution in [3.63, 3.8) is 0 Å². The number of nitrogens with zero attached hydrogens (tertiary/aromatic N) is 3. The Labute approximate surface area is 181 Å². The van der Waals surface area contributed by atoms with Gasteiger partial charge in [-0.3, -0.25) is 29.3 Å². The first-order valence-electron chi connectivity index (χ1n) is 9.46. The van der Waals surface area contributed by atoms with Crippen LogP contribution in [-0.2, 0) is 6.54 Å². The maximum Gasteiger partial charge on any atom is 0.330 e. The molecule has 0 radical (unpaired) electrons. The second-order valence-electron chi connectivity index (χ2n) is 7.23. The number of halogens is 1. The van der Waals surface area contributed by atoms with E-state index in [2.05, 4.69) is 20.9 Å². The molecule has 30 heavy (non-hydrogen) atoms. The number of H-pyrrole nitrogens is 1. The van der Waals surface area contributed by atoms with Crippen LogP contribution in [0.2, 0.25) is 0 Å². The first kappa shape index (κ1) is 23.3. The van der Waals surface area contributed by atoms with Crippen LogP contribution in [0, 0.1) is 16.0 Å². The largest absolute Gasteiger partial charge is 0.383 e. The number of aromatic nitrogens is 2. The van der Waals surface area contributed by atoms with Crippen molar-refractivity contribution in [2.45, 2.75) is 40.2 Å². The van der Waals surface area contributed by atoms with Crippen molar-refractivity contribution >= 4 is 39.0 Å². The van der Waals surface area contributed by atoms with Gasteiger partial charge in [0, 0.05) is 24.7 Å². The minimum atomic E-state index is -0.784. The molecule has 3 N–H and O–H groups in total. The Morgan fingerprint density at radius 1 is 1.37 bits per heavy atom. The van der Waals surface area contributed by atoms with Crippen LogP contribution in [0.5, 0.6) is 0 Å². The topological polar surface area (TPSA) is 144 Å². The minimum absolute atomic E-state index is 0.0291. The summed E-state index contributed by atoms with van der Waals surface area (Å²) in [5.41, 5.74) is 4.33. The number of carbonyl (C=O) groups is 1. The van der Waals surface area contributed by atoms with Gasteiger partial charge >= 0.3 is 5.69 Å². The second kappa shape index (κ2) is 9.70. The Balaban J connectivity index is 2.65. The molecule has 0 aliphatic heterocycles. The Hall–Kier alpha value is -2.95. The molecule has 0 bridgehead atoms. The fourth-order valence-electron chi connectivity index (χ4n) is 2.96. The molecule has 0 atom stereocenters. The lowest BCUT2D eigenvalue weighted by Crippen LogP contribution is -2.42. The van der Waals surface area contributed by atoms with Gasteiger partial charge in [0.15, 0.2) is 5.69 Å². The van der Waals surface area contributed by atoms with Crippen LogP contribution in [0.4, 0.5) is 17.2 Å². The molecule has 0 fully saturated rings. The predicted molar refractivity (Wildman–Crippen MR) is 118 cm³/mol. The summed E-state index contributed by atoms with van der Waals surface area (Å²) in [5.74, 6) is -0.669. The number of anilines is 2. The molecule has 2 rings (SSSR count). The average molecular weight is 482 g/mol. The fraction of sp³-hybridized carbons (Fsp3) is 0.421. The number of carbonyl (C=O) groups excluding carboxylic acids is 1. The number of nitrogen functional groups attached to an aromatic ring is 1. The SMILES string of the molecule is CCCCN(C(=O)c1ccc(Br)c([N+](=O)[O-])c1)c1c(N)n(CC(C)C)c(=O)[nH]c1=O. The number of hydrogen-bond acceptors (Lipinski definition) is 6. The van der Waals surface area contributed by atoms with E-state index < -0.39 is 22.1 Å². The standard InChI is InChI=1S/C19H24BrN5O5/c1-4-5-8-23(18(27)12-6-7-13(20)14(9-12)25(29)30)15-16(21)24(10-11(2)3)19(28)22-17(15)26/h6-7,9,11H,4-5,8,10,21H2,1-3H3,(H,22,26,28). The van der Waals surface area contributed by atoms with E-state index >= 15 is 0 Å². The summed E-state index contributed by atoms with van der Waals surface area (Å²) in [6.07, 6.45) is 1.29. The van der Waals surface area contributed by atoms with Crippen LogP contribution >= 0.6 is 15.9 Å². The molecule has 0 saturated heterocycles. The van der Waals surface area contributed by atoms with Crippen LogP contribution in [-0.4, -0.2) is 26.9 Å². The molecule has 0 aliphatic rings. The third kappa shape index (κ3) is 4.96. The number of nitro groups is 1. The van der Waals surface area contributed by atoms with Gasteiger partial charge in [0.2, 0.25) is 0 Å². The van der Waals surface area contributed by atoms with E-state index in [-0.39, 0.29) is 46.2 Å². The molecular formula is C19H24BrN5O5. The first-order chi connectivity index (χ1) is 14.1. The first-order valence-corrected chi connectivity index (χ1v) is 10.3. The maximum absolute atomic E-state index is 13.3. The van der Waals surface area contributed by atoms with Gasteiger partial charge in [-0.1, -0.05) is 27.2 Å². The van der Waals surface area contributed by atoms with Crippen molar-refractivity contribution in [2.75, 3.05) is 17.2 Å². The van der Waals surface area contributed by atoms with E-state index in [1.54, 1.807) is 0 Å². The van der Waals surface area contributed by atoms with Gasteiger partial charge in [0.05, 0.1) is 9.40 Å². The summed E-state index contributed by atoms with van der Waals surface area (Å²) >= 11 is 3.09. The number of nitrogens with one attached hydrogen (secondary N) is 1. The van der Waals surface area contributed by atoms with Gasteiger partial charge < -0.3 is 10.6 Å². The smallest absolute Gasteiger partial charge is 0.330 e. The Morgan fingerprint density at radius 2 is 2.03 bits per heavy atom. The zero-order chi connectivity index (χ0) is 22.6. The Bertz CT molecular complexity index is 1080. The van der Waals surface area contributed by atoms with Crippen LogP contribution in [0.3, 0.4) is 0 Å². The molecule has 162 valence electrons. The van der Waals surface area contributed by atoms with Crippen LogP contribution < -0.4 is 21.9 Å². The lowest BCUT2D eigenvalue weighted by atomic mass is 10.1. The van der Waals surface area contributed by atoms with Gasteiger partial charge in [-0.2, -0.15) is 0 Å². The molecular weight excluding hydrogens is 458 g/mol. The van der Waals surface area contributed by atoms with Gasteiger partial charge in [0.1, 0.15) is 5.82 Å². The molecule has 0 aliphatic carbocycles. The number of benzene rings is 1. The monoisotopic (exact) mass is 481 g/mol. The Morgan fingerprint density at radius 3 is 2.60 bits per heavy atom. The quantitative estimate of drug-likeness (QED) is 0.437. The number of aromatic amines is 1. The number of amides is 1. The number of rotatable bonds is 8. The maximum atomic E-state index is 13.3. The van der Waals surface area contributed by atoms with Crippen LogP contribution in [0.25, 0.3) is 0 Å². The van der Waals surface area contributed by atoms with Crippen molar-refractivity contribution < 1.29 is 9.72 Å². The van der Waals surface area contributed by atoms with E-state index in [9.17, 15) is 24.5 Å². The summed E-state index contributed by atoms with van der Waals surface area (Å²) in [6, 6.07) is 3.96. The molecule has 11 heteroatoms. The summed E-state index contributed by atoms with van der Waals surface area (Å²) in [6.45, 7) is 6.11. The normalized spacial score (nSPS) is 11.0. The zero-order valence-corrected chi connectivity index (χ0v) is 18.6. The van der Waals surface area contributed by atoms with E-state index in [4.69, 9.17) is 5.73 Å². The van der Waals surface area contributed by atoms with Crippen LogP contribution in [0.15, 0.2) is 32.3 Å². The lowest BCUT2D eigenvalue weighted by Gasteiger charge is -2.25. The van der Waals surface area contributed by atoms with Crippen molar-refractivity contribution in [3.05, 3.63) is 59.2 Å². The number of unbranched alkanes of at least 4 members (excludes halogenated alkanes) is 1. The summed E-state index contributed by atoms with van der Waals surface area (Å²) in [4.78, 5) is 52.1. The molecule has 1 heterocycles. The van der Waals surface area contributed by atoms with Gasteiger partial charge in [-0.05, 0) is 40.4 Å². The third-order valence-electron chi connectivity index (χ3n) is 4.40. The fourth-order valence-corrected chi connectivity index (χ4v) is 3.35. The van der Waals surface area contributed by atoms with Crippen molar-refractivity contribution in [1.82, 2.24) is 9.55 Å². The highest BCUT2D eigenvalue weighted by atomic mass is 79.9. The highest BCUT2D eigenvalue weighted by Crippen LogP contribution is 2.28. The number of nitrogens with two attached hydrogens (primary N) is 1. The lowest BCUT2D eigenvalue weighted by molar-refractivity contribution is -0.385. The Kier molecular flexibility index (Phi) is 7.54.